The maximum atomic E-state index is 11.6. The van der Waals surface area contributed by atoms with Gasteiger partial charge in [-0.2, -0.15) is 0 Å². The van der Waals surface area contributed by atoms with E-state index in [0.29, 0.717) is 5.69 Å². The lowest BCUT2D eigenvalue weighted by Gasteiger charge is -2.02. The Hall–Kier alpha value is -1.96. The molecule has 118 valence electrons. The lowest BCUT2D eigenvalue weighted by atomic mass is 10.1. The van der Waals surface area contributed by atoms with Crippen LogP contribution in [0.25, 0.3) is 10.9 Å². The maximum absolute atomic E-state index is 11.6. The molecule has 0 spiro atoms. The van der Waals surface area contributed by atoms with Crippen LogP contribution in [0.4, 0.5) is 5.69 Å². The maximum Gasteiger partial charge on any atom is 0.240 e. The molecular formula is C16H14BrN3O2S. The van der Waals surface area contributed by atoms with Gasteiger partial charge in [0, 0.05) is 32.8 Å². The summed E-state index contributed by atoms with van der Waals surface area (Å²) in [5.74, 6) is 0. The summed E-state index contributed by atoms with van der Waals surface area (Å²) in [6.07, 6.45) is 1.66. The van der Waals surface area contributed by atoms with Gasteiger partial charge < -0.3 is 4.98 Å². The summed E-state index contributed by atoms with van der Waals surface area (Å²) in [6.45, 7) is 1.94. The van der Waals surface area contributed by atoms with Crippen molar-refractivity contribution in [1.29, 1.82) is 0 Å². The molecular weight excluding hydrogens is 378 g/mol. The molecule has 3 rings (SSSR count). The van der Waals surface area contributed by atoms with Crippen LogP contribution in [0.5, 0.6) is 0 Å². The van der Waals surface area contributed by atoms with E-state index in [4.69, 9.17) is 5.14 Å². The van der Waals surface area contributed by atoms with Gasteiger partial charge in [-0.05, 0) is 31.2 Å². The lowest BCUT2D eigenvalue weighted by Crippen LogP contribution is -2.12. The number of nitrogens with zero attached hydrogens (tertiary/aromatic N) is 1. The summed E-state index contributed by atoms with van der Waals surface area (Å²) in [5, 5.41) is 6.24. The average molecular weight is 392 g/mol. The van der Waals surface area contributed by atoms with Crippen LogP contribution in [0, 0.1) is 6.92 Å². The second-order valence-electron chi connectivity index (χ2n) is 5.10. The molecule has 1 heterocycles. The summed E-state index contributed by atoms with van der Waals surface area (Å²) in [7, 11) is -3.82. The van der Waals surface area contributed by atoms with Gasteiger partial charge in [0.05, 0.1) is 5.69 Å². The van der Waals surface area contributed by atoms with Crippen molar-refractivity contribution in [3.8, 4) is 0 Å². The third-order valence-corrected chi connectivity index (χ3v) is 5.13. The molecule has 0 radical (unpaired) electrons. The molecule has 7 heteroatoms. The van der Waals surface area contributed by atoms with Crippen molar-refractivity contribution in [1.82, 2.24) is 4.98 Å². The Labute approximate surface area is 142 Å². The van der Waals surface area contributed by atoms with Gasteiger partial charge in [-0.25, -0.2) is 13.6 Å². The van der Waals surface area contributed by atoms with E-state index in [1.165, 1.54) is 6.07 Å². The Morgan fingerprint density at radius 3 is 2.65 bits per heavy atom. The Morgan fingerprint density at radius 1 is 1.17 bits per heavy atom. The average Bonchev–Trinajstić information content (AvgIpc) is 2.81. The Kier molecular flexibility index (Phi) is 4.09. The first-order chi connectivity index (χ1) is 10.9. The molecule has 2 aromatic carbocycles. The fourth-order valence-electron chi connectivity index (χ4n) is 2.46. The number of halogens is 1. The molecule has 0 saturated heterocycles. The molecule has 0 atom stereocenters. The largest absolute Gasteiger partial charge is 0.358 e. The number of nitrogens with one attached hydrogen (secondary N) is 1. The van der Waals surface area contributed by atoms with Gasteiger partial charge in [0.1, 0.15) is 4.90 Å². The normalized spacial score (nSPS) is 12.3. The summed E-state index contributed by atoms with van der Waals surface area (Å²) < 4.78 is 24.2. The van der Waals surface area contributed by atoms with E-state index in [2.05, 4.69) is 25.9 Å². The quantitative estimate of drug-likeness (QED) is 0.667. The number of hydrogen-bond acceptors (Lipinski definition) is 3. The monoisotopic (exact) mass is 391 g/mol. The minimum absolute atomic E-state index is 0.00723. The van der Waals surface area contributed by atoms with Crippen LogP contribution in [-0.4, -0.2) is 19.6 Å². The van der Waals surface area contributed by atoms with Gasteiger partial charge in [-0.1, -0.05) is 34.1 Å². The van der Waals surface area contributed by atoms with E-state index >= 15 is 0 Å². The Morgan fingerprint density at radius 2 is 1.91 bits per heavy atom. The van der Waals surface area contributed by atoms with Crippen molar-refractivity contribution in [2.75, 3.05) is 0 Å². The second-order valence-corrected chi connectivity index (χ2v) is 7.48. The molecule has 0 aliphatic carbocycles. The first-order valence-electron chi connectivity index (χ1n) is 6.80. The fraction of sp³-hybridized carbons (Fsp3) is 0.0625. The second kappa shape index (κ2) is 5.92. The highest BCUT2D eigenvalue weighted by Gasteiger charge is 2.13. The molecule has 0 bridgehead atoms. The SMILES string of the molecule is Cc1[nH]c2cccc(Br)c2c1/C=N/c1ccccc1S(N)(=O)=O. The van der Waals surface area contributed by atoms with Crippen molar-refractivity contribution in [3.05, 3.63) is 58.2 Å². The molecule has 1 aromatic heterocycles. The van der Waals surface area contributed by atoms with E-state index in [1.54, 1.807) is 24.4 Å². The number of aromatic nitrogens is 1. The highest BCUT2D eigenvalue weighted by atomic mass is 79.9. The van der Waals surface area contributed by atoms with Gasteiger partial charge >= 0.3 is 0 Å². The van der Waals surface area contributed by atoms with E-state index in [-0.39, 0.29) is 4.90 Å². The van der Waals surface area contributed by atoms with Crippen LogP contribution in [0.3, 0.4) is 0 Å². The lowest BCUT2D eigenvalue weighted by molar-refractivity contribution is 0.598. The van der Waals surface area contributed by atoms with Crippen molar-refractivity contribution in [3.63, 3.8) is 0 Å². The molecule has 0 aliphatic heterocycles. The molecule has 0 unspecified atom stereocenters. The van der Waals surface area contributed by atoms with Crippen molar-refractivity contribution in [2.45, 2.75) is 11.8 Å². The van der Waals surface area contributed by atoms with Crippen molar-refractivity contribution >= 4 is 48.8 Å². The third-order valence-electron chi connectivity index (χ3n) is 3.51. The van der Waals surface area contributed by atoms with Crippen molar-refractivity contribution in [2.24, 2.45) is 10.1 Å². The van der Waals surface area contributed by atoms with Crippen LogP contribution in [0.15, 0.2) is 56.8 Å². The first kappa shape index (κ1) is 15.9. The van der Waals surface area contributed by atoms with Crippen LogP contribution in [0.1, 0.15) is 11.3 Å². The number of H-pyrrole nitrogens is 1. The minimum atomic E-state index is -3.82. The highest BCUT2D eigenvalue weighted by Crippen LogP contribution is 2.29. The smallest absolute Gasteiger partial charge is 0.240 e. The first-order valence-corrected chi connectivity index (χ1v) is 9.14. The predicted molar refractivity (Wildman–Crippen MR) is 95.8 cm³/mol. The molecule has 3 N–H and O–H groups in total. The van der Waals surface area contributed by atoms with E-state index in [1.807, 2.05) is 25.1 Å². The molecule has 5 nitrogen and oxygen atoms in total. The molecule has 0 saturated carbocycles. The molecule has 0 fully saturated rings. The number of para-hydroxylation sites is 1. The summed E-state index contributed by atoms with van der Waals surface area (Å²) in [6, 6.07) is 12.3. The van der Waals surface area contributed by atoms with Gasteiger partial charge in [-0.15, -0.1) is 0 Å². The number of primary sulfonamides is 1. The van der Waals surface area contributed by atoms with Gasteiger partial charge in [0.25, 0.3) is 0 Å². The number of hydrogen-bond donors (Lipinski definition) is 2. The fourth-order valence-corrected chi connectivity index (χ4v) is 3.72. The van der Waals surface area contributed by atoms with Gasteiger partial charge in [-0.3, -0.25) is 4.99 Å². The molecule has 3 aromatic rings. The summed E-state index contributed by atoms with van der Waals surface area (Å²) in [4.78, 5) is 7.63. The van der Waals surface area contributed by atoms with Gasteiger partial charge in [0.15, 0.2) is 0 Å². The van der Waals surface area contributed by atoms with E-state index < -0.39 is 10.0 Å². The molecule has 23 heavy (non-hydrogen) atoms. The van der Waals surface area contributed by atoms with E-state index in [0.717, 1.165) is 26.6 Å². The van der Waals surface area contributed by atoms with Crippen LogP contribution in [0.2, 0.25) is 0 Å². The standard InChI is InChI=1S/C16H14BrN3O2S/c1-10-11(16-12(17)5-4-7-14(16)20-10)9-19-13-6-2-3-8-15(13)23(18,21)22/h2-9,20H,1H3,(H2,18,21,22)/b19-9+. The predicted octanol–water partition coefficient (Wildman–Crippen LogP) is 3.64. The van der Waals surface area contributed by atoms with Crippen LogP contribution >= 0.6 is 15.9 Å². The zero-order valence-electron chi connectivity index (χ0n) is 12.2. The number of nitrogens with two attached hydrogens (primary N) is 1. The number of aliphatic imine (C=N–C) groups is 1. The third kappa shape index (κ3) is 3.08. The Balaban J connectivity index is 2.14. The number of rotatable bonds is 3. The zero-order chi connectivity index (χ0) is 16.6. The molecule has 0 amide bonds. The highest BCUT2D eigenvalue weighted by molar-refractivity contribution is 9.10. The van der Waals surface area contributed by atoms with E-state index in [9.17, 15) is 8.42 Å². The van der Waals surface area contributed by atoms with Crippen LogP contribution in [-0.2, 0) is 10.0 Å². The summed E-state index contributed by atoms with van der Waals surface area (Å²) in [5.41, 5.74) is 3.15. The minimum Gasteiger partial charge on any atom is -0.358 e. The number of fused-ring (bicyclic) bond motifs is 1. The Bertz CT molecular complexity index is 1020. The number of aromatic amines is 1. The number of benzene rings is 2. The molecule has 0 aliphatic rings. The number of aryl methyl sites for hydroxylation is 1. The van der Waals surface area contributed by atoms with Gasteiger partial charge in [0.2, 0.25) is 10.0 Å². The zero-order valence-corrected chi connectivity index (χ0v) is 14.6. The van der Waals surface area contributed by atoms with Crippen LogP contribution < -0.4 is 5.14 Å². The summed E-state index contributed by atoms with van der Waals surface area (Å²) >= 11 is 3.54. The number of sulfonamides is 1. The topological polar surface area (TPSA) is 88.3 Å². The van der Waals surface area contributed by atoms with Crippen molar-refractivity contribution < 1.29 is 8.42 Å².